The average molecular weight is 362 g/mol. The summed E-state index contributed by atoms with van der Waals surface area (Å²) < 4.78 is 10.8. The van der Waals surface area contributed by atoms with Crippen LogP contribution in [0.25, 0.3) is 0 Å². The van der Waals surface area contributed by atoms with Gasteiger partial charge >= 0.3 is 0 Å². The maximum Gasteiger partial charge on any atom is 0.231 e. The molecule has 0 saturated heterocycles. The molecule has 1 aromatic heterocycles. The number of benzene rings is 2. The highest BCUT2D eigenvalue weighted by molar-refractivity contribution is 5.59. The highest BCUT2D eigenvalue weighted by Crippen LogP contribution is 2.32. The van der Waals surface area contributed by atoms with Gasteiger partial charge in [-0.25, -0.2) is 4.98 Å². The third-order valence-electron chi connectivity index (χ3n) is 4.24. The van der Waals surface area contributed by atoms with E-state index in [1.807, 2.05) is 31.2 Å². The molecule has 0 saturated carbocycles. The predicted molar refractivity (Wildman–Crippen MR) is 106 cm³/mol. The highest BCUT2D eigenvalue weighted by Gasteiger charge is 2.13. The number of hydrogen-bond acceptors (Lipinski definition) is 6. The molecule has 0 atom stereocenters. The summed E-state index contributed by atoms with van der Waals surface area (Å²) in [6.45, 7) is 7.01. The largest absolute Gasteiger partial charge is 0.454 e. The van der Waals surface area contributed by atoms with Crippen molar-refractivity contribution in [3.63, 3.8) is 0 Å². The third kappa shape index (κ3) is 4.11. The molecule has 3 aromatic rings. The molecule has 27 heavy (non-hydrogen) atoms. The lowest BCUT2D eigenvalue weighted by Gasteiger charge is -2.11. The third-order valence-corrected chi connectivity index (χ3v) is 4.24. The summed E-state index contributed by atoms with van der Waals surface area (Å²) in [5.41, 5.74) is 5.42. The van der Waals surface area contributed by atoms with Gasteiger partial charge in [0.2, 0.25) is 12.7 Å². The van der Waals surface area contributed by atoms with Crippen LogP contribution < -0.4 is 20.1 Å². The molecule has 2 heterocycles. The molecule has 0 aliphatic carbocycles. The van der Waals surface area contributed by atoms with Crippen LogP contribution in [-0.2, 0) is 6.54 Å². The van der Waals surface area contributed by atoms with Gasteiger partial charge in [0.25, 0.3) is 0 Å². The van der Waals surface area contributed by atoms with Crippen molar-refractivity contribution in [3.05, 3.63) is 64.8 Å². The van der Waals surface area contributed by atoms with Crippen molar-refractivity contribution in [2.75, 3.05) is 17.4 Å². The molecule has 0 amide bonds. The van der Waals surface area contributed by atoms with Crippen LogP contribution in [0.3, 0.4) is 0 Å². The van der Waals surface area contributed by atoms with Crippen molar-refractivity contribution in [1.29, 1.82) is 0 Å². The molecule has 0 radical (unpaired) electrons. The molecule has 4 rings (SSSR count). The Morgan fingerprint density at radius 1 is 0.889 bits per heavy atom. The lowest BCUT2D eigenvalue weighted by Crippen LogP contribution is -2.06. The minimum Gasteiger partial charge on any atom is -0.454 e. The smallest absolute Gasteiger partial charge is 0.231 e. The Morgan fingerprint density at radius 3 is 2.48 bits per heavy atom. The Hall–Kier alpha value is -3.28. The number of nitrogens with zero attached hydrogens (tertiary/aromatic N) is 2. The van der Waals surface area contributed by atoms with Crippen molar-refractivity contribution < 1.29 is 9.47 Å². The molecular weight excluding hydrogens is 340 g/mol. The lowest BCUT2D eigenvalue weighted by molar-refractivity contribution is 0.174. The van der Waals surface area contributed by atoms with Crippen LogP contribution in [-0.4, -0.2) is 16.8 Å². The van der Waals surface area contributed by atoms with Crippen molar-refractivity contribution in [2.45, 2.75) is 27.3 Å². The quantitative estimate of drug-likeness (QED) is 0.697. The fourth-order valence-electron chi connectivity index (χ4n) is 3.14. The number of aromatic nitrogens is 2. The second-order valence-electron chi connectivity index (χ2n) is 6.76. The van der Waals surface area contributed by atoms with Crippen LogP contribution in [0.15, 0.2) is 42.5 Å². The van der Waals surface area contributed by atoms with E-state index in [1.165, 1.54) is 11.1 Å². The molecule has 0 unspecified atom stereocenters. The number of hydrogen-bond donors (Lipinski definition) is 2. The first-order valence-electron chi connectivity index (χ1n) is 8.88. The van der Waals surface area contributed by atoms with Crippen molar-refractivity contribution in [2.24, 2.45) is 0 Å². The number of aryl methyl sites for hydroxylation is 3. The predicted octanol–water partition coefficient (Wildman–Crippen LogP) is 4.49. The van der Waals surface area contributed by atoms with Gasteiger partial charge in [0.05, 0.1) is 0 Å². The molecule has 1 aliphatic heterocycles. The van der Waals surface area contributed by atoms with Gasteiger partial charge in [0.1, 0.15) is 5.82 Å². The second kappa shape index (κ2) is 7.15. The minimum atomic E-state index is 0.278. The van der Waals surface area contributed by atoms with E-state index in [0.717, 1.165) is 34.3 Å². The normalized spacial score (nSPS) is 12.1. The van der Waals surface area contributed by atoms with E-state index in [9.17, 15) is 0 Å². The van der Waals surface area contributed by atoms with E-state index in [1.54, 1.807) is 0 Å². The number of rotatable bonds is 5. The SMILES string of the molecule is Cc1cc(C)cc(Nc2cc(C)nc(NCc3ccc4c(c3)OCO4)n2)c1. The average Bonchev–Trinajstić information content (AvgIpc) is 3.06. The first-order chi connectivity index (χ1) is 13.0. The minimum absolute atomic E-state index is 0.278. The summed E-state index contributed by atoms with van der Waals surface area (Å²) in [7, 11) is 0. The summed E-state index contributed by atoms with van der Waals surface area (Å²) in [6, 6.07) is 14.2. The van der Waals surface area contributed by atoms with Gasteiger partial charge in [0, 0.05) is 24.0 Å². The zero-order valence-corrected chi connectivity index (χ0v) is 15.7. The Morgan fingerprint density at radius 2 is 1.67 bits per heavy atom. The maximum absolute atomic E-state index is 5.42. The van der Waals surface area contributed by atoms with E-state index >= 15 is 0 Å². The zero-order chi connectivity index (χ0) is 18.8. The molecule has 1 aliphatic rings. The van der Waals surface area contributed by atoms with E-state index in [-0.39, 0.29) is 6.79 Å². The molecule has 0 fully saturated rings. The van der Waals surface area contributed by atoms with Crippen LogP contribution in [0.1, 0.15) is 22.4 Å². The fourth-order valence-corrected chi connectivity index (χ4v) is 3.14. The Labute approximate surface area is 158 Å². The number of nitrogens with one attached hydrogen (secondary N) is 2. The van der Waals surface area contributed by atoms with Gasteiger partial charge in [-0.15, -0.1) is 0 Å². The first kappa shape index (κ1) is 17.1. The van der Waals surface area contributed by atoms with Crippen LogP contribution in [0.4, 0.5) is 17.5 Å². The summed E-state index contributed by atoms with van der Waals surface area (Å²) in [5, 5.41) is 6.65. The molecule has 0 spiro atoms. The topological polar surface area (TPSA) is 68.3 Å². The number of anilines is 3. The maximum atomic E-state index is 5.42. The molecule has 0 bridgehead atoms. The van der Waals surface area contributed by atoms with Gasteiger partial charge in [0.15, 0.2) is 11.5 Å². The zero-order valence-electron chi connectivity index (χ0n) is 15.7. The Kier molecular flexibility index (Phi) is 4.54. The lowest BCUT2D eigenvalue weighted by atomic mass is 10.1. The van der Waals surface area contributed by atoms with Crippen molar-refractivity contribution >= 4 is 17.5 Å². The van der Waals surface area contributed by atoms with Gasteiger partial charge < -0.3 is 20.1 Å². The summed E-state index contributed by atoms with van der Waals surface area (Å²) >= 11 is 0. The molecule has 2 aromatic carbocycles. The van der Waals surface area contributed by atoms with Crippen LogP contribution in [0.5, 0.6) is 11.5 Å². The molecule has 6 heteroatoms. The number of fused-ring (bicyclic) bond motifs is 1. The van der Waals surface area contributed by atoms with Crippen molar-refractivity contribution in [3.8, 4) is 11.5 Å². The van der Waals surface area contributed by atoms with Crippen molar-refractivity contribution in [1.82, 2.24) is 9.97 Å². The van der Waals surface area contributed by atoms with Crippen LogP contribution in [0.2, 0.25) is 0 Å². The van der Waals surface area contributed by atoms with Gasteiger partial charge in [-0.1, -0.05) is 12.1 Å². The Balaban J connectivity index is 1.48. The fraction of sp³-hybridized carbons (Fsp3) is 0.238. The summed E-state index contributed by atoms with van der Waals surface area (Å²) in [5.74, 6) is 2.90. The van der Waals surface area contributed by atoms with E-state index in [4.69, 9.17) is 9.47 Å². The van der Waals surface area contributed by atoms with E-state index in [2.05, 4.69) is 52.6 Å². The second-order valence-corrected chi connectivity index (χ2v) is 6.76. The van der Waals surface area contributed by atoms with E-state index < -0.39 is 0 Å². The number of ether oxygens (including phenoxy) is 2. The van der Waals surface area contributed by atoms with Gasteiger partial charge in [-0.2, -0.15) is 4.98 Å². The molecule has 2 N–H and O–H groups in total. The molecular formula is C21H22N4O2. The molecule has 138 valence electrons. The van der Waals surface area contributed by atoms with Crippen LogP contribution >= 0.6 is 0 Å². The molecule has 6 nitrogen and oxygen atoms in total. The standard InChI is InChI=1S/C21H22N4O2/c1-13-6-14(2)8-17(7-13)24-20-9-15(3)23-21(25-20)22-11-16-4-5-18-19(10-16)27-12-26-18/h4-10H,11-12H2,1-3H3,(H2,22,23,24,25). The van der Waals surface area contributed by atoms with Gasteiger partial charge in [-0.3, -0.25) is 0 Å². The summed E-state index contributed by atoms with van der Waals surface area (Å²) in [4.78, 5) is 9.07. The monoisotopic (exact) mass is 362 g/mol. The van der Waals surface area contributed by atoms with Crippen LogP contribution in [0, 0.1) is 20.8 Å². The van der Waals surface area contributed by atoms with Gasteiger partial charge in [-0.05, 0) is 61.7 Å². The highest BCUT2D eigenvalue weighted by atomic mass is 16.7. The van der Waals surface area contributed by atoms with E-state index in [0.29, 0.717) is 12.5 Å². The first-order valence-corrected chi connectivity index (χ1v) is 8.88. The summed E-state index contributed by atoms with van der Waals surface area (Å²) in [6.07, 6.45) is 0. The Bertz CT molecular complexity index is 968.